The van der Waals surface area contributed by atoms with Crippen LogP contribution >= 0.6 is 0 Å². The molecule has 1 fully saturated rings. The summed E-state index contributed by atoms with van der Waals surface area (Å²) >= 11 is 0. The van der Waals surface area contributed by atoms with Crippen LogP contribution in [0.5, 0.6) is 11.6 Å². The van der Waals surface area contributed by atoms with E-state index in [2.05, 4.69) is 30.7 Å². The number of likely N-dealkylation sites (tertiary alicyclic amines) is 1. The number of piperidine rings is 1. The maximum Gasteiger partial charge on any atom is 0.342 e. The molecule has 0 amide bonds. The number of phenols is 1. The number of fused-ring (bicyclic) bond motifs is 3. The third kappa shape index (κ3) is 5.33. The van der Waals surface area contributed by atoms with Gasteiger partial charge in [0.2, 0.25) is 5.88 Å². The summed E-state index contributed by atoms with van der Waals surface area (Å²) < 4.78 is 17.8. The number of carbonyl (C=O) groups excluding carboxylic acids is 1. The Hall–Kier alpha value is -3.58. The van der Waals surface area contributed by atoms with Crippen molar-refractivity contribution in [1.82, 2.24) is 9.88 Å². The summed E-state index contributed by atoms with van der Waals surface area (Å²) in [5, 5.41) is 14.0. The summed E-state index contributed by atoms with van der Waals surface area (Å²) in [5.41, 5.74) is 2.52. The second kappa shape index (κ2) is 10.9. The number of rotatable bonds is 7. The lowest BCUT2D eigenvalue weighted by atomic mass is 9.88. The molecule has 1 atom stereocenters. The first-order chi connectivity index (χ1) is 18.7. The Balaban J connectivity index is 1.80. The van der Waals surface area contributed by atoms with E-state index in [1.54, 1.807) is 20.0 Å². The van der Waals surface area contributed by atoms with Crippen molar-refractivity contribution in [3.8, 4) is 11.6 Å². The van der Waals surface area contributed by atoms with Gasteiger partial charge >= 0.3 is 5.97 Å². The van der Waals surface area contributed by atoms with Crippen molar-refractivity contribution in [3.63, 3.8) is 0 Å². The molecule has 1 N–H and O–H groups in total. The SMILES string of the molecule is CCOC(=O)c1c(C)oc2c1c(C(c1ccnc(OCC(C)(C)C)c1)N1CCCCC1)c(O)c1ccccc12. The van der Waals surface area contributed by atoms with Crippen molar-refractivity contribution in [2.45, 2.75) is 59.9 Å². The largest absolute Gasteiger partial charge is 0.507 e. The van der Waals surface area contributed by atoms with E-state index in [0.717, 1.165) is 43.3 Å². The van der Waals surface area contributed by atoms with Crippen LogP contribution in [-0.2, 0) is 4.74 Å². The number of hydrogen-bond acceptors (Lipinski definition) is 7. The summed E-state index contributed by atoms with van der Waals surface area (Å²) in [6.07, 6.45) is 5.03. The third-order valence-electron chi connectivity index (χ3n) is 7.27. The molecular weight excluding hydrogens is 492 g/mol. The van der Waals surface area contributed by atoms with Crippen molar-refractivity contribution in [2.75, 3.05) is 26.3 Å². The number of carbonyl (C=O) groups is 1. The van der Waals surface area contributed by atoms with Gasteiger partial charge in [-0.05, 0) is 56.8 Å². The van der Waals surface area contributed by atoms with Gasteiger partial charge in [-0.3, -0.25) is 4.90 Å². The lowest BCUT2D eigenvalue weighted by Gasteiger charge is -2.36. The molecule has 7 nitrogen and oxygen atoms in total. The van der Waals surface area contributed by atoms with Crippen LogP contribution in [0.15, 0.2) is 47.0 Å². The normalized spacial score (nSPS) is 15.5. The molecule has 2 aromatic heterocycles. The number of benzene rings is 2. The lowest BCUT2D eigenvalue weighted by molar-refractivity contribution is 0.0526. The lowest BCUT2D eigenvalue weighted by Crippen LogP contribution is -2.34. The molecule has 2 aromatic carbocycles. The molecule has 1 unspecified atom stereocenters. The highest BCUT2D eigenvalue weighted by atomic mass is 16.5. The number of ether oxygens (including phenoxy) is 2. The van der Waals surface area contributed by atoms with Gasteiger partial charge in [0.1, 0.15) is 22.7 Å². The highest BCUT2D eigenvalue weighted by molar-refractivity contribution is 6.16. The zero-order valence-electron chi connectivity index (χ0n) is 23.5. The highest BCUT2D eigenvalue weighted by Gasteiger charge is 2.34. The van der Waals surface area contributed by atoms with Crippen LogP contribution in [0.1, 0.15) is 80.2 Å². The second-order valence-corrected chi connectivity index (χ2v) is 11.5. The number of hydrogen-bond donors (Lipinski definition) is 1. The maximum atomic E-state index is 13.3. The Morgan fingerprint density at radius 2 is 1.85 bits per heavy atom. The number of pyridine rings is 1. The standard InChI is InChI=1S/C32H38N2O5/c1-6-37-31(36)25-20(2)39-30-23-13-9-8-12-22(23)29(35)27(26(25)30)28(34-16-10-7-11-17-34)21-14-15-33-24(18-21)38-19-32(3,4)5/h8-9,12-15,18,28,35H,6-7,10-11,16-17,19H2,1-5H3. The zero-order valence-corrected chi connectivity index (χ0v) is 23.5. The molecule has 0 saturated carbocycles. The predicted molar refractivity (Wildman–Crippen MR) is 153 cm³/mol. The van der Waals surface area contributed by atoms with Gasteiger partial charge in [0, 0.05) is 34.0 Å². The summed E-state index contributed by atoms with van der Waals surface area (Å²) in [6, 6.07) is 11.2. The van der Waals surface area contributed by atoms with E-state index in [4.69, 9.17) is 13.9 Å². The van der Waals surface area contributed by atoms with Crippen molar-refractivity contribution < 1.29 is 23.8 Å². The molecular formula is C32H38N2O5. The molecule has 0 spiro atoms. The van der Waals surface area contributed by atoms with Gasteiger partial charge < -0.3 is 19.0 Å². The van der Waals surface area contributed by atoms with Crippen LogP contribution in [0.25, 0.3) is 21.7 Å². The predicted octanol–water partition coefficient (Wildman–Crippen LogP) is 7.17. The second-order valence-electron chi connectivity index (χ2n) is 11.5. The first kappa shape index (κ1) is 27.0. The van der Waals surface area contributed by atoms with Crippen molar-refractivity contribution in [3.05, 3.63) is 65.0 Å². The van der Waals surface area contributed by atoms with Gasteiger partial charge in [0.05, 0.1) is 19.3 Å². The van der Waals surface area contributed by atoms with Gasteiger partial charge in [0.15, 0.2) is 0 Å². The molecule has 39 heavy (non-hydrogen) atoms. The average Bonchev–Trinajstić information content (AvgIpc) is 3.27. The topological polar surface area (TPSA) is 85.0 Å². The number of nitrogens with zero attached hydrogens (tertiary/aromatic N) is 2. The Bertz CT molecular complexity index is 1490. The van der Waals surface area contributed by atoms with Crippen molar-refractivity contribution in [2.24, 2.45) is 5.41 Å². The number of phenolic OH excluding ortho intramolecular Hbond substituents is 1. The number of esters is 1. The number of aryl methyl sites for hydroxylation is 1. The molecule has 0 radical (unpaired) electrons. The van der Waals surface area contributed by atoms with E-state index in [0.29, 0.717) is 45.7 Å². The molecule has 3 heterocycles. The van der Waals surface area contributed by atoms with Crippen LogP contribution in [0.2, 0.25) is 0 Å². The van der Waals surface area contributed by atoms with E-state index in [1.807, 2.05) is 36.4 Å². The van der Waals surface area contributed by atoms with E-state index < -0.39 is 5.97 Å². The minimum absolute atomic E-state index is 0.0183. The molecule has 0 aliphatic carbocycles. The Morgan fingerprint density at radius 3 is 2.54 bits per heavy atom. The first-order valence-corrected chi connectivity index (χ1v) is 13.9. The van der Waals surface area contributed by atoms with Gasteiger partial charge in [0.25, 0.3) is 0 Å². The van der Waals surface area contributed by atoms with E-state index in [1.165, 1.54) is 0 Å². The molecule has 0 bridgehead atoms. The van der Waals surface area contributed by atoms with Crippen LogP contribution in [0.4, 0.5) is 0 Å². The highest BCUT2D eigenvalue weighted by Crippen LogP contribution is 2.48. The smallest absolute Gasteiger partial charge is 0.342 e. The van der Waals surface area contributed by atoms with E-state index >= 15 is 0 Å². The fourth-order valence-corrected chi connectivity index (χ4v) is 5.56. The Labute approximate surface area is 229 Å². The molecule has 1 aliphatic rings. The first-order valence-electron chi connectivity index (χ1n) is 13.9. The van der Waals surface area contributed by atoms with E-state index in [9.17, 15) is 9.90 Å². The Morgan fingerprint density at radius 1 is 1.13 bits per heavy atom. The van der Waals surface area contributed by atoms with E-state index in [-0.39, 0.29) is 23.8 Å². The van der Waals surface area contributed by atoms with Crippen LogP contribution in [-0.4, -0.2) is 47.3 Å². The molecule has 5 rings (SSSR count). The molecule has 7 heteroatoms. The van der Waals surface area contributed by atoms with Gasteiger partial charge in [-0.15, -0.1) is 0 Å². The van der Waals surface area contributed by atoms with Crippen molar-refractivity contribution >= 4 is 27.7 Å². The van der Waals surface area contributed by atoms with Gasteiger partial charge in [-0.2, -0.15) is 0 Å². The fourth-order valence-electron chi connectivity index (χ4n) is 5.56. The van der Waals surface area contributed by atoms with Crippen molar-refractivity contribution in [1.29, 1.82) is 0 Å². The minimum atomic E-state index is -0.453. The summed E-state index contributed by atoms with van der Waals surface area (Å²) in [6.45, 7) is 12.4. The van der Waals surface area contributed by atoms with Crippen LogP contribution in [0.3, 0.4) is 0 Å². The van der Waals surface area contributed by atoms with Gasteiger partial charge in [-0.25, -0.2) is 9.78 Å². The Kier molecular flexibility index (Phi) is 7.54. The number of aromatic hydroxyl groups is 1. The molecule has 1 saturated heterocycles. The zero-order chi connectivity index (χ0) is 27.7. The third-order valence-corrected chi connectivity index (χ3v) is 7.27. The van der Waals surface area contributed by atoms with Gasteiger partial charge in [-0.1, -0.05) is 51.5 Å². The molecule has 1 aliphatic heterocycles. The summed E-state index contributed by atoms with van der Waals surface area (Å²) in [7, 11) is 0. The molecule has 206 valence electrons. The average molecular weight is 531 g/mol. The maximum absolute atomic E-state index is 13.3. The number of aromatic nitrogens is 1. The van der Waals surface area contributed by atoms with Crippen LogP contribution < -0.4 is 4.74 Å². The monoisotopic (exact) mass is 530 g/mol. The minimum Gasteiger partial charge on any atom is -0.507 e. The fraction of sp³-hybridized carbons (Fsp3) is 0.438. The summed E-state index contributed by atoms with van der Waals surface area (Å²) in [4.78, 5) is 20.2. The summed E-state index contributed by atoms with van der Waals surface area (Å²) in [5.74, 6) is 0.705. The quantitative estimate of drug-likeness (QED) is 0.254. The number of furan rings is 1. The molecule has 4 aromatic rings. The van der Waals surface area contributed by atoms with Crippen LogP contribution in [0, 0.1) is 12.3 Å².